The summed E-state index contributed by atoms with van der Waals surface area (Å²) in [6.07, 6.45) is -8.12. The lowest BCUT2D eigenvalue weighted by atomic mass is 9.76. The summed E-state index contributed by atoms with van der Waals surface area (Å²) in [7, 11) is 0. The van der Waals surface area contributed by atoms with Crippen molar-refractivity contribution in [3.63, 3.8) is 0 Å². The van der Waals surface area contributed by atoms with E-state index in [1.807, 2.05) is 4.90 Å². The van der Waals surface area contributed by atoms with Gasteiger partial charge in [-0.25, -0.2) is 0 Å². The largest absolute Gasteiger partial charge is 0.416 e. The van der Waals surface area contributed by atoms with Crippen LogP contribution in [-0.4, -0.2) is 84.4 Å². The van der Waals surface area contributed by atoms with Gasteiger partial charge in [0.05, 0.1) is 23.6 Å². The van der Waals surface area contributed by atoms with E-state index in [0.29, 0.717) is 64.9 Å². The molecule has 1 unspecified atom stereocenters. The van der Waals surface area contributed by atoms with Crippen LogP contribution in [0.4, 0.5) is 26.3 Å². The minimum Gasteiger partial charge on any atom is -0.393 e. The maximum absolute atomic E-state index is 13.5. The summed E-state index contributed by atoms with van der Waals surface area (Å²) >= 11 is 0. The minimum atomic E-state index is -5.01. The highest BCUT2D eigenvalue weighted by Gasteiger charge is 2.53. The number of carbonyl (C=O) groups excluding carboxylic acids is 2. The van der Waals surface area contributed by atoms with Gasteiger partial charge in [-0.05, 0) is 51.0 Å². The van der Waals surface area contributed by atoms with E-state index in [1.165, 1.54) is 0 Å². The lowest BCUT2D eigenvalue weighted by molar-refractivity contribution is -0.201. The molecule has 2 amide bonds. The van der Waals surface area contributed by atoms with E-state index >= 15 is 0 Å². The van der Waals surface area contributed by atoms with Crippen molar-refractivity contribution in [2.24, 2.45) is 11.3 Å². The highest BCUT2D eigenvalue weighted by molar-refractivity contribution is 5.94. The predicted molar refractivity (Wildman–Crippen MR) is 115 cm³/mol. The summed E-state index contributed by atoms with van der Waals surface area (Å²) in [5, 5.41) is 12.1. The first kappa shape index (κ1) is 27.5. The van der Waals surface area contributed by atoms with E-state index in [4.69, 9.17) is 0 Å². The molecule has 35 heavy (non-hydrogen) atoms. The van der Waals surface area contributed by atoms with Gasteiger partial charge in [0.1, 0.15) is 0 Å². The topological polar surface area (TPSA) is 72.9 Å². The number of amides is 2. The predicted octanol–water partition coefficient (Wildman–Crippen LogP) is 3.19. The maximum Gasteiger partial charge on any atom is 0.416 e. The SMILES string of the molecule is CC1(C(F)(F)F)C=C(C(F)(F)F)C=C(C(=O)NCC2CCN(C(=O)CN3CCC(O)CC3)CC2)C1. The highest BCUT2D eigenvalue weighted by Crippen LogP contribution is 2.49. The number of hydrogen-bond acceptors (Lipinski definition) is 4. The number of nitrogens with zero attached hydrogens (tertiary/aromatic N) is 2. The summed E-state index contributed by atoms with van der Waals surface area (Å²) in [5.41, 5.74) is -4.83. The number of nitrogens with one attached hydrogen (secondary N) is 1. The molecule has 0 saturated carbocycles. The molecule has 3 rings (SSSR count). The zero-order chi connectivity index (χ0) is 26.0. The molecule has 6 nitrogen and oxygen atoms in total. The smallest absolute Gasteiger partial charge is 0.393 e. The number of alkyl halides is 6. The van der Waals surface area contributed by atoms with Gasteiger partial charge in [0, 0.05) is 38.3 Å². The van der Waals surface area contributed by atoms with E-state index in [2.05, 4.69) is 5.32 Å². The van der Waals surface area contributed by atoms with Gasteiger partial charge in [0.25, 0.3) is 0 Å². The molecule has 0 aromatic carbocycles. The maximum atomic E-state index is 13.5. The number of aliphatic hydroxyl groups excluding tert-OH is 1. The van der Waals surface area contributed by atoms with Crippen LogP contribution in [0.2, 0.25) is 0 Å². The molecule has 2 fully saturated rings. The number of likely N-dealkylation sites (tertiary alicyclic amines) is 2. The summed E-state index contributed by atoms with van der Waals surface area (Å²) in [5.74, 6) is -1.00. The Balaban J connectivity index is 1.50. The third kappa shape index (κ3) is 6.99. The van der Waals surface area contributed by atoms with Crippen molar-refractivity contribution < 1.29 is 41.0 Å². The molecule has 0 spiro atoms. The molecule has 1 aliphatic carbocycles. The van der Waals surface area contributed by atoms with Crippen LogP contribution in [0.3, 0.4) is 0 Å². The second-order valence-electron chi connectivity index (χ2n) is 9.90. The fourth-order valence-corrected chi connectivity index (χ4v) is 4.67. The molecular formula is C23H31F6N3O3. The number of rotatable bonds is 5. The number of carbonyl (C=O) groups is 2. The zero-order valence-corrected chi connectivity index (χ0v) is 19.5. The van der Waals surface area contributed by atoms with Gasteiger partial charge in [0.15, 0.2) is 0 Å². The van der Waals surface area contributed by atoms with Crippen LogP contribution in [0.1, 0.15) is 39.0 Å². The van der Waals surface area contributed by atoms with E-state index in [1.54, 1.807) is 4.90 Å². The van der Waals surface area contributed by atoms with Crippen molar-refractivity contribution in [3.8, 4) is 0 Å². The van der Waals surface area contributed by atoms with Crippen molar-refractivity contribution >= 4 is 11.8 Å². The average molecular weight is 512 g/mol. The normalized spacial score (nSPS) is 25.8. The van der Waals surface area contributed by atoms with Gasteiger partial charge in [-0.2, -0.15) is 26.3 Å². The molecule has 1 atom stereocenters. The molecule has 0 aromatic heterocycles. The quantitative estimate of drug-likeness (QED) is 0.557. The third-order valence-electron chi connectivity index (χ3n) is 7.06. The molecule has 0 radical (unpaired) electrons. The molecule has 2 aliphatic heterocycles. The Kier molecular flexibility index (Phi) is 8.25. The Morgan fingerprint density at radius 3 is 2.20 bits per heavy atom. The summed E-state index contributed by atoms with van der Waals surface area (Å²) in [6.45, 7) is 3.27. The lowest BCUT2D eigenvalue weighted by Gasteiger charge is -2.35. The Morgan fingerprint density at radius 1 is 1.06 bits per heavy atom. The fraction of sp³-hybridized carbons (Fsp3) is 0.739. The lowest BCUT2D eigenvalue weighted by Crippen LogP contribution is -2.47. The highest BCUT2D eigenvalue weighted by atomic mass is 19.4. The molecule has 2 saturated heterocycles. The number of aliphatic hydroxyl groups is 1. The molecule has 3 aliphatic rings. The number of halogens is 6. The van der Waals surface area contributed by atoms with Crippen molar-refractivity contribution in [1.82, 2.24) is 15.1 Å². The van der Waals surface area contributed by atoms with Gasteiger partial charge in [-0.3, -0.25) is 14.5 Å². The van der Waals surface area contributed by atoms with E-state index in [9.17, 15) is 41.0 Å². The molecule has 2 heterocycles. The molecule has 2 N–H and O–H groups in total. The Hall–Kier alpha value is -2.08. The van der Waals surface area contributed by atoms with Crippen molar-refractivity contribution in [2.75, 3.05) is 39.3 Å². The van der Waals surface area contributed by atoms with E-state index in [-0.39, 0.29) is 37.1 Å². The Bertz CT molecular complexity index is 854. The van der Waals surface area contributed by atoms with Gasteiger partial charge in [-0.15, -0.1) is 0 Å². The summed E-state index contributed by atoms with van der Waals surface area (Å²) in [4.78, 5) is 28.8. The standard InChI is InChI=1S/C23H31F6N3O3/c1-21(23(27,28)29)11-16(10-17(12-21)22(24,25)26)20(35)30-13-15-2-8-32(9-3-15)19(34)14-31-6-4-18(33)5-7-31/h10,12,15,18,33H,2-9,11,13-14H2,1H3,(H,30,35). The average Bonchev–Trinajstić information content (AvgIpc) is 2.77. The van der Waals surface area contributed by atoms with Crippen molar-refractivity contribution in [3.05, 3.63) is 23.3 Å². The second kappa shape index (κ2) is 10.5. The Morgan fingerprint density at radius 2 is 1.66 bits per heavy atom. The summed E-state index contributed by atoms with van der Waals surface area (Å²) < 4.78 is 79.9. The first-order valence-electron chi connectivity index (χ1n) is 11.7. The van der Waals surface area contributed by atoms with E-state index < -0.39 is 41.2 Å². The van der Waals surface area contributed by atoms with Crippen LogP contribution in [0, 0.1) is 11.3 Å². The van der Waals surface area contributed by atoms with Crippen LogP contribution in [0.25, 0.3) is 0 Å². The number of hydrogen-bond donors (Lipinski definition) is 2. The number of piperidine rings is 2. The van der Waals surface area contributed by atoms with Crippen LogP contribution >= 0.6 is 0 Å². The zero-order valence-electron chi connectivity index (χ0n) is 19.5. The molecule has 0 bridgehead atoms. The second-order valence-corrected chi connectivity index (χ2v) is 9.90. The van der Waals surface area contributed by atoms with Gasteiger partial charge in [0.2, 0.25) is 11.8 Å². The van der Waals surface area contributed by atoms with Gasteiger partial charge < -0.3 is 15.3 Å². The van der Waals surface area contributed by atoms with Gasteiger partial charge in [-0.1, -0.05) is 6.08 Å². The minimum absolute atomic E-state index is 0.0193. The van der Waals surface area contributed by atoms with E-state index in [0.717, 1.165) is 0 Å². The first-order chi connectivity index (χ1) is 16.2. The monoisotopic (exact) mass is 511 g/mol. The van der Waals surface area contributed by atoms with Gasteiger partial charge >= 0.3 is 12.4 Å². The fourth-order valence-electron chi connectivity index (χ4n) is 4.67. The Labute approximate surface area is 200 Å². The van der Waals surface area contributed by atoms with Crippen LogP contribution < -0.4 is 5.32 Å². The molecule has 198 valence electrons. The van der Waals surface area contributed by atoms with Crippen molar-refractivity contribution in [2.45, 2.75) is 57.5 Å². The first-order valence-corrected chi connectivity index (χ1v) is 11.7. The van der Waals surface area contributed by atoms with Crippen LogP contribution in [0.5, 0.6) is 0 Å². The van der Waals surface area contributed by atoms with Crippen LogP contribution in [0.15, 0.2) is 23.3 Å². The molecule has 0 aromatic rings. The summed E-state index contributed by atoms with van der Waals surface area (Å²) in [6, 6.07) is 0. The molecule has 12 heteroatoms. The third-order valence-corrected chi connectivity index (χ3v) is 7.06. The number of allylic oxidation sites excluding steroid dienone is 3. The molecular weight excluding hydrogens is 480 g/mol. The van der Waals surface area contributed by atoms with Crippen molar-refractivity contribution in [1.29, 1.82) is 0 Å². The van der Waals surface area contributed by atoms with Crippen LogP contribution in [-0.2, 0) is 9.59 Å².